The van der Waals surface area contributed by atoms with E-state index < -0.39 is 0 Å². The highest BCUT2D eigenvalue weighted by Crippen LogP contribution is 2.31. The molecule has 1 aromatic rings. The average molecular weight is 338 g/mol. The van der Waals surface area contributed by atoms with Crippen LogP contribution in [0.5, 0.6) is 0 Å². The Balaban J connectivity index is 1.67. The van der Waals surface area contributed by atoms with Gasteiger partial charge in [-0.15, -0.1) is 0 Å². The highest BCUT2D eigenvalue weighted by atomic mass is 79.9. The Hall–Kier alpha value is -1.10. The van der Waals surface area contributed by atoms with E-state index in [1.54, 1.807) is 0 Å². The molecule has 1 aromatic heterocycles. The second-order valence-corrected chi connectivity index (χ2v) is 6.59. The van der Waals surface area contributed by atoms with Crippen LogP contribution in [0.25, 0.3) is 0 Å². The summed E-state index contributed by atoms with van der Waals surface area (Å²) in [6, 6.07) is 2.11. The molecule has 1 saturated carbocycles. The van der Waals surface area contributed by atoms with Gasteiger partial charge < -0.3 is 9.80 Å². The van der Waals surface area contributed by atoms with Gasteiger partial charge in [-0.3, -0.25) is 4.79 Å². The summed E-state index contributed by atoms with van der Waals surface area (Å²) in [4.78, 5) is 21.0. The standard InChI is InChI=1S/C15H20BrN3O/c1-11-9-14(17-10-13(11)16)18-5-2-6-19(8-7-18)15(20)12-3-4-12/h9-10,12H,2-8H2,1H3. The van der Waals surface area contributed by atoms with E-state index in [1.807, 2.05) is 11.1 Å². The highest BCUT2D eigenvalue weighted by molar-refractivity contribution is 9.10. The maximum atomic E-state index is 12.1. The molecule has 2 heterocycles. The summed E-state index contributed by atoms with van der Waals surface area (Å²) >= 11 is 3.49. The Morgan fingerprint density at radius 1 is 1.30 bits per heavy atom. The van der Waals surface area contributed by atoms with Gasteiger partial charge in [0.05, 0.1) is 0 Å². The third kappa shape index (κ3) is 2.97. The molecule has 1 aliphatic heterocycles. The van der Waals surface area contributed by atoms with Gasteiger partial charge in [-0.1, -0.05) is 0 Å². The van der Waals surface area contributed by atoms with Crippen molar-refractivity contribution in [3.63, 3.8) is 0 Å². The first kappa shape index (κ1) is 13.9. The number of carbonyl (C=O) groups excluding carboxylic acids is 1. The van der Waals surface area contributed by atoms with Crippen molar-refractivity contribution in [2.45, 2.75) is 26.2 Å². The van der Waals surface area contributed by atoms with E-state index in [4.69, 9.17) is 0 Å². The van der Waals surface area contributed by atoms with Crippen LogP contribution in [0.3, 0.4) is 0 Å². The number of hydrogen-bond donors (Lipinski definition) is 0. The fraction of sp³-hybridized carbons (Fsp3) is 0.600. The fourth-order valence-electron chi connectivity index (χ4n) is 2.65. The summed E-state index contributed by atoms with van der Waals surface area (Å²) in [5, 5.41) is 0. The lowest BCUT2D eigenvalue weighted by atomic mass is 10.3. The number of amides is 1. The molecule has 20 heavy (non-hydrogen) atoms. The zero-order valence-electron chi connectivity index (χ0n) is 11.8. The predicted octanol–water partition coefficient (Wildman–Crippen LogP) is 2.60. The van der Waals surface area contributed by atoms with Crippen molar-refractivity contribution in [1.82, 2.24) is 9.88 Å². The number of aryl methyl sites for hydroxylation is 1. The van der Waals surface area contributed by atoms with E-state index in [2.05, 4.69) is 38.8 Å². The number of rotatable bonds is 2. The molecular weight excluding hydrogens is 318 g/mol. The summed E-state index contributed by atoms with van der Waals surface area (Å²) in [5.41, 5.74) is 1.20. The van der Waals surface area contributed by atoms with E-state index >= 15 is 0 Å². The molecule has 1 saturated heterocycles. The largest absolute Gasteiger partial charge is 0.355 e. The summed E-state index contributed by atoms with van der Waals surface area (Å²) in [6.07, 6.45) is 5.07. The quantitative estimate of drug-likeness (QED) is 0.832. The SMILES string of the molecule is Cc1cc(N2CCCN(C(=O)C3CC3)CC2)ncc1Br. The van der Waals surface area contributed by atoms with Gasteiger partial charge >= 0.3 is 0 Å². The molecule has 0 bridgehead atoms. The molecule has 0 radical (unpaired) electrons. The first-order chi connectivity index (χ1) is 9.65. The van der Waals surface area contributed by atoms with Crippen LogP contribution < -0.4 is 4.90 Å². The molecule has 0 spiro atoms. The zero-order chi connectivity index (χ0) is 14.1. The molecule has 0 atom stereocenters. The van der Waals surface area contributed by atoms with Gasteiger partial charge in [-0.2, -0.15) is 0 Å². The Morgan fingerprint density at radius 2 is 2.10 bits per heavy atom. The van der Waals surface area contributed by atoms with Crippen LogP contribution in [-0.2, 0) is 4.79 Å². The number of anilines is 1. The monoisotopic (exact) mass is 337 g/mol. The Labute approximate surface area is 128 Å². The van der Waals surface area contributed by atoms with Crippen molar-refractivity contribution in [2.24, 2.45) is 5.92 Å². The molecule has 1 amide bonds. The van der Waals surface area contributed by atoms with Crippen LogP contribution >= 0.6 is 15.9 Å². The molecule has 5 heteroatoms. The lowest BCUT2D eigenvalue weighted by Gasteiger charge is -2.23. The normalized spacial score (nSPS) is 19.9. The van der Waals surface area contributed by atoms with Crippen molar-refractivity contribution in [1.29, 1.82) is 0 Å². The minimum Gasteiger partial charge on any atom is -0.355 e. The lowest BCUT2D eigenvalue weighted by molar-refractivity contribution is -0.132. The van der Waals surface area contributed by atoms with E-state index in [0.29, 0.717) is 11.8 Å². The number of carbonyl (C=O) groups is 1. The van der Waals surface area contributed by atoms with E-state index in [9.17, 15) is 4.79 Å². The van der Waals surface area contributed by atoms with Gasteiger partial charge in [0.2, 0.25) is 5.91 Å². The third-order valence-corrected chi connectivity index (χ3v) is 4.92. The summed E-state index contributed by atoms with van der Waals surface area (Å²) in [5.74, 6) is 1.72. The Morgan fingerprint density at radius 3 is 2.80 bits per heavy atom. The second kappa shape index (κ2) is 5.72. The van der Waals surface area contributed by atoms with Gasteiger partial charge in [-0.05, 0) is 53.7 Å². The number of pyridine rings is 1. The van der Waals surface area contributed by atoms with Crippen LogP contribution in [-0.4, -0.2) is 42.0 Å². The topological polar surface area (TPSA) is 36.4 Å². The molecule has 3 rings (SSSR count). The van der Waals surface area contributed by atoms with Gasteiger partial charge in [0.25, 0.3) is 0 Å². The van der Waals surface area contributed by atoms with Gasteiger partial charge in [0.15, 0.2) is 0 Å². The predicted molar refractivity (Wildman–Crippen MR) is 82.8 cm³/mol. The minimum atomic E-state index is 0.328. The second-order valence-electron chi connectivity index (χ2n) is 5.73. The fourth-order valence-corrected chi connectivity index (χ4v) is 2.87. The van der Waals surface area contributed by atoms with Crippen molar-refractivity contribution < 1.29 is 4.79 Å². The molecule has 2 aliphatic rings. The van der Waals surface area contributed by atoms with Crippen molar-refractivity contribution in [3.05, 3.63) is 22.3 Å². The minimum absolute atomic E-state index is 0.328. The van der Waals surface area contributed by atoms with Gasteiger partial charge in [0, 0.05) is 42.8 Å². The molecule has 0 N–H and O–H groups in total. The molecule has 0 aromatic carbocycles. The maximum Gasteiger partial charge on any atom is 0.225 e. The smallest absolute Gasteiger partial charge is 0.225 e. The van der Waals surface area contributed by atoms with E-state index in [1.165, 1.54) is 5.56 Å². The van der Waals surface area contributed by atoms with E-state index in [-0.39, 0.29) is 0 Å². The molecular formula is C15H20BrN3O. The number of hydrogen-bond acceptors (Lipinski definition) is 3. The van der Waals surface area contributed by atoms with Crippen LogP contribution in [0, 0.1) is 12.8 Å². The van der Waals surface area contributed by atoms with Crippen LogP contribution in [0.4, 0.5) is 5.82 Å². The molecule has 2 fully saturated rings. The first-order valence-corrected chi connectivity index (χ1v) is 8.10. The maximum absolute atomic E-state index is 12.1. The molecule has 1 aliphatic carbocycles. The van der Waals surface area contributed by atoms with Gasteiger partial charge in [-0.25, -0.2) is 4.98 Å². The lowest BCUT2D eigenvalue weighted by Crippen LogP contribution is -2.36. The van der Waals surface area contributed by atoms with Gasteiger partial charge in [0.1, 0.15) is 5.82 Å². The average Bonchev–Trinajstić information content (AvgIpc) is 3.27. The first-order valence-electron chi connectivity index (χ1n) is 7.31. The number of aromatic nitrogens is 1. The Bertz CT molecular complexity index is 516. The number of nitrogens with zero attached hydrogens (tertiary/aromatic N) is 3. The number of halogens is 1. The van der Waals surface area contributed by atoms with Crippen LogP contribution in [0.1, 0.15) is 24.8 Å². The van der Waals surface area contributed by atoms with Crippen molar-refractivity contribution in [2.75, 3.05) is 31.1 Å². The third-order valence-electron chi connectivity index (χ3n) is 4.09. The van der Waals surface area contributed by atoms with Crippen molar-refractivity contribution in [3.8, 4) is 0 Å². The summed E-state index contributed by atoms with van der Waals surface area (Å²) in [6.45, 7) is 5.65. The Kier molecular flexibility index (Phi) is 3.96. The summed E-state index contributed by atoms with van der Waals surface area (Å²) < 4.78 is 1.04. The molecule has 108 valence electrons. The highest BCUT2D eigenvalue weighted by Gasteiger charge is 2.33. The van der Waals surface area contributed by atoms with Crippen molar-refractivity contribution >= 4 is 27.7 Å². The summed E-state index contributed by atoms with van der Waals surface area (Å²) in [7, 11) is 0. The van der Waals surface area contributed by atoms with Crippen LogP contribution in [0.15, 0.2) is 16.7 Å². The molecule has 0 unspecified atom stereocenters. The van der Waals surface area contributed by atoms with E-state index in [0.717, 1.165) is 55.7 Å². The zero-order valence-corrected chi connectivity index (χ0v) is 13.4. The van der Waals surface area contributed by atoms with Crippen LogP contribution in [0.2, 0.25) is 0 Å². The molecule has 4 nitrogen and oxygen atoms in total.